The number of carboxylic acids is 1. The zero-order chi connectivity index (χ0) is 17.7. The maximum Gasteiger partial charge on any atom is 0.331 e. The summed E-state index contributed by atoms with van der Waals surface area (Å²) in [6.07, 6.45) is 2.95. The molecule has 0 bridgehead atoms. The second-order valence-electron chi connectivity index (χ2n) is 6.02. The van der Waals surface area contributed by atoms with Gasteiger partial charge in [0.15, 0.2) is 5.54 Å². The van der Waals surface area contributed by atoms with E-state index in [9.17, 15) is 14.7 Å². The van der Waals surface area contributed by atoms with E-state index in [2.05, 4.69) is 5.10 Å². The molecule has 1 aliphatic rings. The van der Waals surface area contributed by atoms with Crippen molar-refractivity contribution in [1.29, 1.82) is 0 Å². The van der Waals surface area contributed by atoms with Gasteiger partial charge in [-0.25, -0.2) is 4.79 Å². The molecule has 1 aliphatic heterocycles. The minimum absolute atomic E-state index is 0.269. The summed E-state index contributed by atoms with van der Waals surface area (Å²) >= 11 is 0. The average molecular weight is 338 g/mol. The van der Waals surface area contributed by atoms with Crippen LogP contribution in [0.25, 0.3) is 0 Å². The molecule has 7 heteroatoms. The minimum Gasteiger partial charge on any atom is -0.479 e. The number of rotatable bonds is 7. The Morgan fingerprint density at radius 3 is 2.46 bits per heavy atom. The molecule has 0 saturated carbocycles. The number of esters is 1. The predicted octanol–water partition coefficient (Wildman–Crippen LogP) is 1.70. The van der Waals surface area contributed by atoms with Crippen LogP contribution in [-0.4, -0.2) is 47.1 Å². The fourth-order valence-corrected chi connectivity index (χ4v) is 3.38. The van der Waals surface area contributed by atoms with E-state index in [1.807, 2.05) is 13.8 Å². The number of carbonyl (C=O) groups excluding carboxylic acids is 1. The molecule has 1 saturated heterocycles. The summed E-state index contributed by atoms with van der Waals surface area (Å²) in [7, 11) is 1.37. The highest BCUT2D eigenvalue weighted by Crippen LogP contribution is 2.33. The number of methoxy groups -OCH3 is 1. The number of carboxylic acid groups (broad SMARTS) is 1. The second-order valence-corrected chi connectivity index (χ2v) is 6.02. The van der Waals surface area contributed by atoms with Crippen LogP contribution in [-0.2, 0) is 43.9 Å². The first-order valence-electron chi connectivity index (χ1n) is 8.48. The molecule has 0 aromatic carbocycles. The smallest absolute Gasteiger partial charge is 0.331 e. The molecule has 0 unspecified atom stereocenters. The van der Waals surface area contributed by atoms with E-state index >= 15 is 0 Å². The number of aliphatic carboxylic acids is 1. The highest BCUT2D eigenvalue weighted by atomic mass is 16.5. The Morgan fingerprint density at radius 1 is 1.29 bits per heavy atom. The molecule has 2 rings (SSSR count). The molecule has 7 nitrogen and oxygen atoms in total. The average Bonchev–Trinajstić information content (AvgIpc) is 2.97. The van der Waals surface area contributed by atoms with Crippen molar-refractivity contribution in [3.8, 4) is 0 Å². The van der Waals surface area contributed by atoms with E-state index in [-0.39, 0.29) is 12.4 Å². The van der Waals surface area contributed by atoms with Gasteiger partial charge in [0.05, 0.1) is 12.8 Å². The lowest BCUT2D eigenvalue weighted by atomic mass is 9.89. The lowest BCUT2D eigenvalue weighted by molar-refractivity contribution is -0.154. The molecule has 1 aromatic heterocycles. The molecule has 0 aliphatic carbocycles. The van der Waals surface area contributed by atoms with Gasteiger partial charge >= 0.3 is 11.9 Å². The standard InChI is InChI=1S/C17H26N2O5/c1-4-13-12(6-7-15(20)23-3)14(5-2)19(18-13)17(16(21)22)8-10-24-11-9-17/h4-11H2,1-3H3,(H,21,22). The first-order chi connectivity index (χ1) is 11.5. The number of aryl methyl sites for hydroxylation is 1. The lowest BCUT2D eigenvalue weighted by Crippen LogP contribution is -2.48. The lowest BCUT2D eigenvalue weighted by Gasteiger charge is -2.34. The third kappa shape index (κ3) is 3.31. The quantitative estimate of drug-likeness (QED) is 0.761. The van der Waals surface area contributed by atoms with Crippen LogP contribution in [0.15, 0.2) is 0 Å². The van der Waals surface area contributed by atoms with E-state index in [1.54, 1.807) is 4.68 Å². The summed E-state index contributed by atoms with van der Waals surface area (Å²) in [5, 5.41) is 14.5. The summed E-state index contributed by atoms with van der Waals surface area (Å²) in [5.41, 5.74) is 1.69. The van der Waals surface area contributed by atoms with Gasteiger partial charge in [0, 0.05) is 38.2 Å². The molecule has 0 atom stereocenters. The van der Waals surface area contributed by atoms with Crippen molar-refractivity contribution in [2.24, 2.45) is 0 Å². The summed E-state index contributed by atoms with van der Waals surface area (Å²) in [6.45, 7) is 4.80. The molecule has 0 spiro atoms. The monoisotopic (exact) mass is 338 g/mol. The van der Waals surface area contributed by atoms with Crippen LogP contribution in [0, 0.1) is 0 Å². The predicted molar refractivity (Wildman–Crippen MR) is 87.0 cm³/mol. The highest BCUT2D eigenvalue weighted by Gasteiger charge is 2.44. The van der Waals surface area contributed by atoms with Gasteiger partial charge in [-0.05, 0) is 24.8 Å². The zero-order valence-corrected chi connectivity index (χ0v) is 14.6. The van der Waals surface area contributed by atoms with Crippen LogP contribution in [0.1, 0.15) is 50.1 Å². The SMILES string of the molecule is CCc1nn(C2(C(=O)O)CCOCC2)c(CC)c1CCC(=O)OC. The van der Waals surface area contributed by atoms with Gasteiger partial charge in [-0.3, -0.25) is 9.48 Å². The van der Waals surface area contributed by atoms with Crippen LogP contribution in [0.2, 0.25) is 0 Å². The Labute approximate surface area is 141 Å². The van der Waals surface area contributed by atoms with Crippen LogP contribution in [0.5, 0.6) is 0 Å². The fraction of sp³-hybridized carbons (Fsp3) is 0.706. The van der Waals surface area contributed by atoms with Crippen molar-refractivity contribution in [2.75, 3.05) is 20.3 Å². The third-order valence-corrected chi connectivity index (χ3v) is 4.77. The van der Waals surface area contributed by atoms with Crippen molar-refractivity contribution in [2.45, 2.75) is 57.9 Å². The van der Waals surface area contributed by atoms with E-state index in [4.69, 9.17) is 9.47 Å². The maximum atomic E-state index is 12.1. The van der Waals surface area contributed by atoms with E-state index in [0.29, 0.717) is 45.3 Å². The number of nitrogens with zero attached hydrogens (tertiary/aromatic N) is 2. The zero-order valence-electron chi connectivity index (χ0n) is 14.6. The molecular weight excluding hydrogens is 312 g/mol. The van der Waals surface area contributed by atoms with E-state index < -0.39 is 11.5 Å². The van der Waals surface area contributed by atoms with Gasteiger partial charge in [0.1, 0.15) is 0 Å². The Morgan fingerprint density at radius 2 is 1.96 bits per heavy atom. The largest absolute Gasteiger partial charge is 0.479 e. The summed E-state index contributed by atoms with van der Waals surface area (Å²) in [4.78, 5) is 23.6. The van der Waals surface area contributed by atoms with Gasteiger partial charge in [0.25, 0.3) is 0 Å². The summed E-state index contributed by atoms with van der Waals surface area (Å²) in [6, 6.07) is 0. The number of aromatic nitrogens is 2. The van der Waals surface area contributed by atoms with E-state index in [0.717, 1.165) is 17.0 Å². The van der Waals surface area contributed by atoms with Gasteiger partial charge in [-0.1, -0.05) is 13.8 Å². The number of carbonyl (C=O) groups is 2. The fourth-order valence-electron chi connectivity index (χ4n) is 3.38. The number of hydrogen-bond acceptors (Lipinski definition) is 5. The van der Waals surface area contributed by atoms with Crippen molar-refractivity contribution in [3.05, 3.63) is 17.0 Å². The second kappa shape index (κ2) is 7.79. The number of ether oxygens (including phenoxy) is 2. The molecular formula is C17H26N2O5. The Balaban J connectivity index is 2.47. The molecule has 2 heterocycles. The maximum absolute atomic E-state index is 12.1. The first kappa shape index (κ1) is 18.4. The Kier molecular flexibility index (Phi) is 5.99. The number of hydrogen-bond donors (Lipinski definition) is 1. The topological polar surface area (TPSA) is 90.7 Å². The van der Waals surface area contributed by atoms with Crippen molar-refractivity contribution < 1.29 is 24.2 Å². The van der Waals surface area contributed by atoms with Gasteiger partial charge in [-0.15, -0.1) is 0 Å². The van der Waals surface area contributed by atoms with Gasteiger partial charge in [0.2, 0.25) is 0 Å². The molecule has 24 heavy (non-hydrogen) atoms. The van der Waals surface area contributed by atoms with E-state index in [1.165, 1.54) is 7.11 Å². The van der Waals surface area contributed by atoms with Crippen molar-refractivity contribution in [1.82, 2.24) is 9.78 Å². The summed E-state index contributed by atoms with van der Waals surface area (Å²) < 4.78 is 11.8. The van der Waals surface area contributed by atoms with Crippen LogP contribution >= 0.6 is 0 Å². The first-order valence-corrected chi connectivity index (χ1v) is 8.48. The van der Waals surface area contributed by atoms with Crippen LogP contribution in [0.4, 0.5) is 0 Å². The molecule has 0 radical (unpaired) electrons. The van der Waals surface area contributed by atoms with Gasteiger partial charge < -0.3 is 14.6 Å². The Hall–Kier alpha value is -1.89. The highest BCUT2D eigenvalue weighted by molar-refractivity contribution is 5.77. The van der Waals surface area contributed by atoms with Crippen molar-refractivity contribution >= 4 is 11.9 Å². The molecule has 1 aromatic rings. The third-order valence-electron chi connectivity index (χ3n) is 4.77. The minimum atomic E-state index is -1.06. The Bertz CT molecular complexity index is 602. The molecule has 1 N–H and O–H groups in total. The normalized spacial score (nSPS) is 16.8. The van der Waals surface area contributed by atoms with Crippen molar-refractivity contribution in [3.63, 3.8) is 0 Å². The molecule has 0 amide bonds. The van der Waals surface area contributed by atoms with Crippen LogP contribution < -0.4 is 0 Å². The van der Waals surface area contributed by atoms with Crippen LogP contribution in [0.3, 0.4) is 0 Å². The molecule has 134 valence electrons. The van der Waals surface area contributed by atoms with Gasteiger partial charge in [-0.2, -0.15) is 5.10 Å². The molecule has 1 fully saturated rings. The summed E-state index contributed by atoms with van der Waals surface area (Å²) in [5.74, 6) is -1.14.